The lowest BCUT2D eigenvalue weighted by molar-refractivity contribution is -0.149. The van der Waals surface area contributed by atoms with E-state index in [1.165, 1.54) is 12.1 Å². The average molecular weight is 237 g/mol. The zero-order valence-electron chi connectivity index (χ0n) is 9.07. The maximum atomic E-state index is 12.9. The highest BCUT2D eigenvalue weighted by atomic mass is 19.1. The third-order valence-electron chi connectivity index (χ3n) is 2.94. The molecule has 90 valence electrons. The summed E-state index contributed by atoms with van der Waals surface area (Å²) in [6, 6.07) is 5.83. The highest BCUT2D eigenvalue weighted by molar-refractivity contribution is 6.04. The molecule has 0 heterocycles. The third kappa shape index (κ3) is 2.27. The van der Waals surface area contributed by atoms with Gasteiger partial charge >= 0.3 is 5.97 Å². The van der Waals surface area contributed by atoms with E-state index in [2.05, 4.69) is 5.32 Å². The van der Waals surface area contributed by atoms with Gasteiger partial charge in [-0.15, -0.1) is 0 Å². The first-order valence-electron chi connectivity index (χ1n) is 5.31. The number of rotatable bonds is 4. The van der Waals surface area contributed by atoms with Crippen molar-refractivity contribution in [1.29, 1.82) is 0 Å². The molecule has 0 spiro atoms. The lowest BCUT2D eigenvalue weighted by atomic mass is 10.1. The number of aliphatic carboxylic acids is 1. The minimum atomic E-state index is -1.24. The number of carboxylic acid groups (broad SMARTS) is 1. The van der Waals surface area contributed by atoms with Gasteiger partial charge in [-0.1, -0.05) is 12.1 Å². The quantitative estimate of drug-likeness (QED) is 0.776. The van der Waals surface area contributed by atoms with Crippen molar-refractivity contribution >= 4 is 11.9 Å². The summed E-state index contributed by atoms with van der Waals surface area (Å²) < 4.78 is 12.9. The van der Waals surface area contributed by atoms with Crippen molar-refractivity contribution < 1.29 is 19.1 Å². The molecule has 1 aromatic rings. The molecule has 1 saturated carbocycles. The highest BCUT2D eigenvalue weighted by Crippen LogP contribution is 2.46. The predicted molar refractivity (Wildman–Crippen MR) is 57.5 cm³/mol. The molecule has 1 amide bonds. The van der Waals surface area contributed by atoms with Gasteiger partial charge in [-0.2, -0.15) is 0 Å². The number of carbonyl (C=O) groups excluding carboxylic acids is 1. The molecule has 4 nitrogen and oxygen atoms in total. The zero-order chi connectivity index (χ0) is 12.5. The van der Waals surface area contributed by atoms with E-state index in [4.69, 9.17) is 5.11 Å². The normalized spacial score (nSPS) is 16.3. The highest BCUT2D eigenvalue weighted by Gasteiger charge is 2.56. The Balaban J connectivity index is 1.95. The maximum Gasteiger partial charge on any atom is 0.319 e. The van der Waals surface area contributed by atoms with Gasteiger partial charge in [0.05, 0.1) is 0 Å². The molecule has 1 aliphatic rings. The molecule has 0 saturated heterocycles. The van der Waals surface area contributed by atoms with Crippen LogP contribution in [0.3, 0.4) is 0 Å². The van der Waals surface area contributed by atoms with Crippen LogP contribution < -0.4 is 5.32 Å². The van der Waals surface area contributed by atoms with Crippen molar-refractivity contribution in [2.45, 2.75) is 19.4 Å². The summed E-state index contributed by atoms with van der Waals surface area (Å²) in [5.41, 5.74) is -0.632. The van der Waals surface area contributed by atoms with E-state index in [-0.39, 0.29) is 12.4 Å². The molecular formula is C12H12FNO3. The largest absolute Gasteiger partial charge is 0.480 e. The van der Waals surface area contributed by atoms with E-state index >= 15 is 0 Å². The first-order valence-corrected chi connectivity index (χ1v) is 5.31. The van der Waals surface area contributed by atoms with Crippen LogP contribution in [-0.4, -0.2) is 17.0 Å². The van der Waals surface area contributed by atoms with Crippen molar-refractivity contribution in [3.63, 3.8) is 0 Å². The Kier molecular flexibility index (Phi) is 2.83. The van der Waals surface area contributed by atoms with E-state index in [0.717, 1.165) is 0 Å². The minimum Gasteiger partial charge on any atom is -0.480 e. The van der Waals surface area contributed by atoms with Gasteiger partial charge in [-0.3, -0.25) is 9.59 Å². The van der Waals surface area contributed by atoms with Crippen LogP contribution in [0.1, 0.15) is 18.4 Å². The van der Waals surface area contributed by atoms with Crippen molar-refractivity contribution in [1.82, 2.24) is 5.32 Å². The number of nitrogens with one attached hydrogen (secondary N) is 1. The molecule has 0 aromatic heterocycles. The monoisotopic (exact) mass is 237 g/mol. The summed E-state index contributed by atoms with van der Waals surface area (Å²) in [5.74, 6) is -1.96. The van der Waals surface area contributed by atoms with Gasteiger partial charge in [0.1, 0.15) is 11.2 Å². The first kappa shape index (κ1) is 11.6. The molecule has 2 N–H and O–H groups in total. The van der Waals surface area contributed by atoms with Crippen LogP contribution in [0.5, 0.6) is 0 Å². The molecule has 1 aliphatic carbocycles. The minimum absolute atomic E-state index is 0.144. The second kappa shape index (κ2) is 4.16. The van der Waals surface area contributed by atoms with Gasteiger partial charge in [0.2, 0.25) is 5.91 Å². The average Bonchev–Trinajstić information content (AvgIpc) is 3.07. The van der Waals surface area contributed by atoms with E-state index in [1.807, 2.05) is 0 Å². The summed E-state index contributed by atoms with van der Waals surface area (Å²) in [7, 11) is 0. The van der Waals surface area contributed by atoms with Crippen molar-refractivity contribution in [2.75, 3.05) is 0 Å². The smallest absolute Gasteiger partial charge is 0.319 e. The number of amides is 1. The molecule has 1 aromatic carbocycles. The van der Waals surface area contributed by atoms with Crippen LogP contribution in [-0.2, 0) is 16.1 Å². The van der Waals surface area contributed by atoms with Crippen LogP contribution in [0.2, 0.25) is 0 Å². The Labute approximate surface area is 97.4 Å². The first-order chi connectivity index (χ1) is 8.04. The second-order valence-corrected chi connectivity index (χ2v) is 4.20. The fraction of sp³-hybridized carbons (Fsp3) is 0.333. The molecule has 0 atom stereocenters. The molecule has 0 unspecified atom stereocenters. The van der Waals surface area contributed by atoms with E-state index < -0.39 is 17.3 Å². The summed E-state index contributed by atoms with van der Waals surface area (Å²) in [5, 5.41) is 11.4. The molecule has 17 heavy (non-hydrogen) atoms. The summed E-state index contributed by atoms with van der Waals surface area (Å²) in [4.78, 5) is 22.5. The SMILES string of the molecule is O=C(O)C1(C(=O)NCc2cccc(F)c2)CC1. The standard InChI is InChI=1S/C12H12FNO3/c13-9-3-1-2-8(6-9)7-14-10(15)12(4-5-12)11(16)17/h1-3,6H,4-5,7H2,(H,14,15)(H,16,17). The topological polar surface area (TPSA) is 66.4 Å². The molecular weight excluding hydrogens is 225 g/mol. The Bertz CT molecular complexity index is 469. The van der Waals surface area contributed by atoms with Crippen LogP contribution in [0, 0.1) is 11.2 Å². The fourth-order valence-electron chi connectivity index (χ4n) is 1.66. The van der Waals surface area contributed by atoms with E-state index in [1.54, 1.807) is 12.1 Å². The van der Waals surface area contributed by atoms with Gasteiger partial charge in [0, 0.05) is 6.54 Å². The van der Waals surface area contributed by atoms with E-state index in [9.17, 15) is 14.0 Å². The maximum absolute atomic E-state index is 12.9. The van der Waals surface area contributed by atoms with Gasteiger partial charge in [-0.05, 0) is 30.5 Å². The van der Waals surface area contributed by atoms with Crippen LogP contribution in [0.15, 0.2) is 24.3 Å². The molecule has 0 radical (unpaired) electrons. The zero-order valence-corrected chi connectivity index (χ0v) is 9.07. The lowest BCUT2D eigenvalue weighted by Crippen LogP contribution is -2.36. The molecule has 2 rings (SSSR count). The van der Waals surface area contributed by atoms with Gasteiger partial charge < -0.3 is 10.4 Å². The number of hydrogen-bond donors (Lipinski definition) is 2. The lowest BCUT2D eigenvalue weighted by Gasteiger charge is -2.10. The third-order valence-corrected chi connectivity index (χ3v) is 2.94. The summed E-state index contributed by atoms with van der Waals surface area (Å²) in [6.45, 7) is 0.144. The number of carboxylic acids is 1. The van der Waals surface area contributed by atoms with Crippen LogP contribution in [0.25, 0.3) is 0 Å². The molecule has 1 fully saturated rings. The number of carbonyl (C=O) groups is 2. The summed E-state index contributed by atoms with van der Waals surface area (Å²) in [6.07, 6.45) is 0.745. The van der Waals surface area contributed by atoms with Gasteiger partial charge in [0.25, 0.3) is 0 Å². The Morgan fingerprint density at radius 2 is 2.12 bits per heavy atom. The fourth-order valence-corrected chi connectivity index (χ4v) is 1.66. The predicted octanol–water partition coefficient (Wildman–Crippen LogP) is 1.31. The van der Waals surface area contributed by atoms with Crippen molar-refractivity contribution in [3.05, 3.63) is 35.6 Å². The van der Waals surface area contributed by atoms with Crippen LogP contribution in [0.4, 0.5) is 4.39 Å². The van der Waals surface area contributed by atoms with E-state index in [0.29, 0.717) is 18.4 Å². The molecule has 0 bridgehead atoms. The second-order valence-electron chi connectivity index (χ2n) is 4.20. The molecule has 5 heteroatoms. The molecule has 0 aliphatic heterocycles. The Morgan fingerprint density at radius 3 is 2.65 bits per heavy atom. The summed E-state index contributed by atoms with van der Waals surface area (Å²) >= 11 is 0. The Morgan fingerprint density at radius 1 is 1.41 bits per heavy atom. The van der Waals surface area contributed by atoms with Gasteiger partial charge in [-0.25, -0.2) is 4.39 Å². The number of hydrogen-bond acceptors (Lipinski definition) is 2. The van der Waals surface area contributed by atoms with Gasteiger partial charge in [0.15, 0.2) is 0 Å². The van der Waals surface area contributed by atoms with Crippen molar-refractivity contribution in [3.8, 4) is 0 Å². The Hall–Kier alpha value is -1.91. The van der Waals surface area contributed by atoms with Crippen LogP contribution >= 0.6 is 0 Å². The number of halogens is 1. The number of benzene rings is 1. The van der Waals surface area contributed by atoms with Crippen molar-refractivity contribution in [2.24, 2.45) is 5.41 Å².